The van der Waals surface area contributed by atoms with Crippen molar-refractivity contribution in [3.63, 3.8) is 0 Å². The standard InChI is InChI=1S/C114H84N12O18/c127-105(119-55-83-59-137-83)73-17-1-9-65(43-73)69-13-5-21-79(47-69)141-93-51-87-97-88(112(134)125(111(87)133)91(41-63-25-33-115-34-26-63)109(131)123-77-29-37-117-38-30-77)53-95(143-81-23-7-15-71(49-81)67-11-3-19-75(45-67)107(129)121-57-85-61-139-85)101-102-96(144-82-24-8-16-72(50-82)68-12-4-20-76(46-68)108(130)122-58-86-62-140-86)54-90-98-89(113(135)126(114(90)136)92(42-64-27-35-116-36-28-64)110(132)124-78-31-39-118-40-32-78)52-94(100(104(98)102)99(93)103(97)101)142-80-22-6-14-70(48-80)66-10-2-18-74(44-66)106(128)120-56-84-60-138-84/h1-40,43-54,83-86,91-92H,41-42,55-62H2,(H,119,127)(H,120,128)(H,121,129)(H,122,130)(H,117,123,131)(H,118,124,132). The molecule has 4 saturated heterocycles. The number of anilines is 2. The second kappa shape index (κ2) is 38.2. The summed E-state index contributed by atoms with van der Waals surface area (Å²) >= 11 is 0. The minimum absolute atomic E-state index is 0.00285. The van der Waals surface area contributed by atoms with E-state index in [-0.39, 0.29) is 172 Å². The Balaban J connectivity index is 0.822. The van der Waals surface area contributed by atoms with Crippen LogP contribution < -0.4 is 50.8 Å². The van der Waals surface area contributed by atoms with Crippen molar-refractivity contribution in [1.82, 2.24) is 51.0 Å². The predicted molar refractivity (Wildman–Crippen MR) is 534 cm³/mol. The maximum atomic E-state index is 17.3. The maximum Gasteiger partial charge on any atom is 0.262 e. The molecule has 30 nitrogen and oxygen atoms in total. The summed E-state index contributed by atoms with van der Waals surface area (Å²) in [6, 6.07) is 71.9. The van der Waals surface area contributed by atoms with E-state index in [0.717, 1.165) is 9.80 Å². The van der Waals surface area contributed by atoms with Crippen molar-refractivity contribution < 1.29 is 85.8 Å². The molecular weight excluding hydrogens is 1830 g/mol. The molecule has 0 bridgehead atoms. The predicted octanol–water partition coefficient (Wildman–Crippen LogP) is 17.4. The summed E-state index contributed by atoms with van der Waals surface area (Å²) in [5, 5.41) is 18.2. The van der Waals surface area contributed by atoms with E-state index in [9.17, 15) is 19.2 Å². The number of amides is 10. The SMILES string of the molecule is O=C(NCC1CO1)c1cccc(-c2cccc(Oc3cc4c5c(cc(Oc6cccc(-c7cccc(C(=O)NCC8CO8)c7)c6)c6c7c(Oc8cccc(-c9cccc(C(=O)NCC%10CO%10)c9)c8)cc8c9c(cc(Oc%10cccc(-c%11cccc(C(=O)NCC%12CO%12)c%11)c%10)c(c3c56)c97)C(=O)N(C(Cc3ccncc3)C(=O)Nc3ccncc3)C8=O)C(=O)N(C(Cc3ccncc3)C(=O)Nc3ccncc3)C4=O)c2)c1. The van der Waals surface area contributed by atoms with Gasteiger partial charge in [0.1, 0.15) is 58.1 Å². The Kier molecular flexibility index (Phi) is 23.8. The van der Waals surface area contributed by atoms with Gasteiger partial charge >= 0.3 is 0 Å². The minimum atomic E-state index is -1.65. The molecule has 4 fully saturated rings. The molecule has 144 heavy (non-hydrogen) atoms. The molecule has 23 rings (SSSR count). The summed E-state index contributed by atoms with van der Waals surface area (Å²) in [7, 11) is 0. The van der Waals surface area contributed by atoms with E-state index in [1.807, 2.05) is 48.5 Å². The summed E-state index contributed by atoms with van der Waals surface area (Å²) < 4.78 is 52.4. The smallest absolute Gasteiger partial charge is 0.262 e. The van der Waals surface area contributed by atoms with Crippen LogP contribution in [-0.2, 0) is 41.4 Å². The Morgan fingerprint density at radius 3 is 0.757 bits per heavy atom. The first-order valence-corrected chi connectivity index (χ1v) is 46.9. The monoisotopic (exact) mass is 1910 g/mol. The number of nitrogens with zero attached hydrogens (tertiary/aromatic N) is 6. The Bertz CT molecular complexity index is 7270. The first-order chi connectivity index (χ1) is 70.4. The largest absolute Gasteiger partial charge is 0.457 e. The van der Waals surface area contributed by atoms with Crippen molar-refractivity contribution in [2.75, 3.05) is 63.2 Å². The summed E-state index contributed by atoms with van der Waals surface area (Å²) in [4.78, 5) is 176. The Morgan fingerprint density at radius 1 is 0.285 bits per heavy atom. The van der Waals surface area contributed by atoms with Gasteiger partial charge in [0.15, 0.2) is 0 Å². The fraction of sp³-hybridized carbons (Fsp3) is 0.140. The van der Waals surface area contributed by atoms with Crippen LogP contribution in [0.25, 0.3) is 87.6 Å². The molecule has 708 valence electrons. The maximum absolute atomic E-state index is 17.3. The third-order valence-corrected chi connectivity index (χ3v) is 26.1. The Labute approximate surface area is 820 Å². The van der Waals surface area contributed by atoms with Crippen LogP contribution in [0.15, 0.2) is 316 Å². The van der Waals surface area contributed by atoms with Crippen LogP contribution in [0.3, 0.4) is 0 Å². The van der Waals surface area contributed by atoms with Crippen molar-refractivity contribution in [1.29, 1.82) is 0 Å². The van der Waals surface area contributed by atoms with Crippen LogP contribution in [0.4, 0.5) is 11.4 Å². The summed E-state index contributed by atoms with van der Waals surface area (Å²) in [5.74, 6) is -6.70. The topological polar surface area (TPSA) is 388 Å². The Hall–Kier alpha value is -18.1. The number of carbonyl (C=O) groups excluding carboxylic acids is 10. The van der Waals surface area contributed by atoms with Crippen molar-refractivity contribution in [3.8, 4) is 90.5 Å². The molecule has 30 heteroatoms. The molecule has 0 spiro atoms. The lowest BCUT2D eigenvalue weighted by Gasteiger charge is -2.36. The number of aromatic nitrogens is 4. The van der Waals surface area contributed by atoms with E-state index in [1.54, 1.807) is 194 Å². The lowest BCUT2D eigenvalue weighted by molar-refractivity contribution is -0.120. The molecule has 6 atom stereocenters. The van der Waals surface area contributed by atoms with Crippen molar-refractivity contribution >= 4 is 114 Å². The highest BCUT2D eigenvalue weighted by Gasteiger charge is 2.48. The lowest BCUT2D eigenvalue weighted by atomic mass is 9.80. The fourth-order valence-electron chi connectivity index (χ4n) is 18.6. The number of hydrogen-bond acceptors (Lipinski definition) is 22. The Morgan fingerprint density at radius 2 is 0.514 bits per heavy atom. The molecule has 10 heterocycles. The van der Waals surface area contributed by atoms with Crippen molar-refractivity contribution in [2.45, 2.75) is 49.3 Å². The highest BCUT2D eigenvalue weighted by atomic mass is 16.6. The minimum Gasteiger partial charge on any atom is -0.457 e. The number of ether oxygens (including phenoxy) is 8. The zero-order chi connectivity index (χ0) is 97.7. The van der Waals surface area contributed by atoms with Gasteiger partial charge in [-0.05, 0) is 225 Å². The van der Waals surface area contributed by atoms with Gasteiger partial charge in [-0.1, -0.05) is 97.1 Å². The van der Waals surface area contributed by atoms with Gasteiger partial charge < -0.3 is 69.8 Å². The van der Waals surface area contributed by atoms with Gasteiger partial charge in [0.05, 0.1) is 73.1 Å². The zero-order valence-electron chi connectivity index (χ0n) is 76.6. The molecule has 6 N–H and O–H groups in total. The van der Waals surface area contributed by atoms with Crippen LogP contribution in [0, 0.1) is 0 Å². The molecule has 17 aromatic rings. The highest BCUT2D eigenvalue weighted by molar-refractivity contribution is 6.45. The number of benzene rings is 13. The zero-order valence-corrected chi connectivity index (χ0v) is 76.6. The van der Waals surface area contributed by atoms with Crippen LogP contribution >= 0.6 is 0 Å². The van der Waals surface area contributed by atoms with Crippen molar-refractivity contribution in [3.05, 3.63) is 372 Å². The molecule has 0 saturated carbocycles. The second-order valence-corrected chi connectivity index (χ2v) is 35.8. The molecule has 0 aliphatic carbocycles. The number of carbonyl (C=O) groups is 10. The van der Waals surface area contributed by atoms with Crippen LogP contribution in [0.5, 0.6) is 46.0 Å². The number of fused-ring (bicyclic) bond motifs is 2. The highest BCUT2D eigenvalue weighted by Crippen LogP contribution is 2.59. The first kappa shape index (κ1) is 89.8. The number of hydrogen-bond donors (Lipinski definition) is 6. The first-order valence-electron chi connectivity index (χ1n) is 46.9. The third-order valence-electron chi connectivity index (χ3n) is 26.1. The molecule has 4 aromatic heterocycles. The van der Waals surface area contributed by atoms with Gasteiger partial charge in [0, 0.05) is 165 Å². The van der Waals surface area contributed by atoms with Gasteiger partial charge in [0.25, 0.3) is 47.3 Å². The quantitative estimate of drug-likeness (QED) is 0.00944. The van der Waals surface area contributed by atoms with Gasteiger partial charge in [0.2, 0.25) is 11.8 Å². The van der Waals surface area contributed by atoms with Crippen molar-refractivity contribution in [2.24, 2.45) is 0 Å². The van der Waals surface area contributed by atoms with Crippen LogP contribution in [0.2, 0.25) is 0 Å². The number of rotatable bonds is 34. The average Bonchev–Trinajstić information content (AvgIpc) is 0.696. The molecular formula is C114H84N12O18. The summed E-state index contributed by atoms with van der Waals surface area (Å²) in [6.07, 6.45) is 11.1. The molecule has 6 aliphatic rings. The number of epoxide rings is 4. The third kappa shape index (κ3) is 18.5. The molecule has 10 amide bonds. The van der Waals surface area contributed by atoms with Crippen LogP contribution in [0.1, 0.15) is 94.0 Å². The number of pyridine rings is 4. The molecule has 0 radical (unpaired) electrons. The van der Waals surface area contributed by atoms with Gasteiger partial charge in [-0.15, -0.1) is 0 Å². The molecule has 13 aromatic carbocycles. The van der Waals surface area contributed by atoms with Gasteiger partial charge in [-0.2, -0.15) is 0 Å². The number of nitrogens with one attached hydrogen (secondary N) is 6. The lowest BCUT2D eigenvalue weighted by Crippen LogP contribution is -2.53. The molecule has 6 unspecified atom stereocenters. The average molecular weight is 1910 g/mol. The normalized spacial score (nSPS) is 16.1. The summed E-state index contributed by atoms with van der Waals surface area (Å²) in [6.45, 7) is 3.29. The van der Waals surface area contributed by atoms with E-state index >= 15 is 28.8 Å². The molecule has 6 aliphatic heterocycles. The van der Waals surface area contributed by atoms with E-state index in [2.05, 4.69) is 51.8 Å². The van der Waals surface area contributed by atoms with E-state index in [4.69, 9.17) is 37.9 Å². The van der Waals surface area contributed by atoms with Crippen LogP contribution in [-0.4, -0.2) is 178 Å². The summed E-state index contributed by atoms with van der Waals surface area (Å²) in [5.41, 5.74) is 6.91. The van der Waals surface area contributed by atoms with E-state index in [1.165, 1.54) is 73.8 Å². The van der Waals surface area contributed by atoms with E-state index in [0.29, 0.717) is 142 Å². The second-order valence-electron chi connectivity index (χ2n) is 35.8. The number of imide groups is 2. The van der Waals surface area contributed by atoms with E-state index < -0.39 is 47.5 Å². The van der Waals surface area contributed by atoms with Gasteiger partial charge in [-0.25, -0.2) is 0 Å². The fourth-order valence-corrected chi connectivity index (χ4v) is 18.6. The van der Waals surface area contributed by atoms with Gasteiger partial charge in [-0.3, -0.25) is 77.7 Å².